The summed E-state index contributed by atoms with van der Waals surface area (Å²) in [6.45, 7) is 5.94. The zero-order chi connectivity index (χ0) is 8.10. The van der Waals surface area contributed by atoms with Gasteiger partial charge in [0.05, 0.1) is 0 Å². The fraction of sp³-hybridized carbons (Fsp3) is 0.273. The molecule has 0 aliphatic rings. The van der Waals surface area contributed by atoms with Crippen LogP contribution in [0.5, 0.6) is 0 Å². The lowest BCUT2D eigenvalue weighted by Gasteiger charge is -2.04. The Morgan fingerprint density at radius 2 is 2.00 bits per heavy atom. The zero-order valence-electron chi connectivity index (χ0n) is 6.96. The molecule has 58 valence electrons. The maximum absolute atomic E-state index is 3.76. The summed E-state index contributed by atoms with van der Waals surface area (Å²) in [5.74, 6) is 0.581. The Morgan fingerprint density at radius 1 is 1.36 bits per heavy atom. The molecule has 1 aromatic rings. The van der Waals surface area contributed by atoms with Gasteiger partial charge in [-0.2, -0.15) is 0 Å². The molecule has 0 heterocycles. The molecule has 11 heavy (non-hydrogen) atoms. The van der Waals surface area contributed by atoms with E-state index < -0.39 is 0 Å². The molecular weight excluding hydrogens is 132 g/mol. The quantitative estimate of drug-likeness (QED) is 0.575. The Labute approximate surface area is 68.6 Å². The predicted octanol–water partition coefficient (Wildman–Crippen LogP) is 3.05. The third-order valence-electron chi connectivity index (χ3n) is 1.80. The predicted molar refractivity (Wildman–Crippen MR) is 49.5 cm³/mol. The minimum atomic E-state index is 0.581. The largest absolute Gasteiger partial charge is 0.103 e. The van der Waals surface area contributed by atoms with Crippen molar-refractivity contribution in [2.75, 3.05) is 0 Å². The molecule has 0 bridgehead atoms. The van der Waals surface area contributed by atoms with E-state index in [1.54, 1.807) is 0 Å². The lowest BCUT2D eigenvalue weighted by atomic mass is 10.0. The van der Waals surface area contributed by atoms with Crippen molar-refractivity contribution in [1.82, 2.24) is 0 Å². The normalized spacial score (nSPS) is 12.5. The molecule has 0 amide bonds. The highest BCUT2D eigenvalue weighted by Crippen LogP contribution is 2.07. The summed E-state index contributed by atoms with van der Waals surface area (Å²) in [5, 5.41) is 0. The lowest BCUT2D eigenvalue weighted by molar-refractivity contribution is 0.725. The second-order valence-electron chi connectivity index (χ2n) is 2.90. The molecule has 0 spiro atoms. The Bertz CT molecular complexity index is 211. The van der Waals surface area contributed by atoms with Crippen LogP contribution in [-0.4, -0.2) is 0 Å². The number of hydrogen-bond donors (Lipinski definition) is 0. The average molecular weight is 146 g/mol. The van der Waals surface area contributed by atoms with Crippen LogP contribution < -0.4 is 0 Å². The minimum Gasteiger partial charge on any atom is -0.103 e. The first-order valence-electron chi connectivity index (χ1n) is 3.99. The summed E-state index contributed by atoms with van der Waals surface area (Å²) in [5.41, 5.74) is 1.39. The molecule has 1 atom stereocenters. The van der Waals surface area contributed by atoms with Crippen molar-refractivity contribution in [1.29, 1.82) is 0 Å². The van der Waals surface area contributed by atoms with Crippen LogP contribution in [-0.2, 0) is 6.42 Å². The molecule has 0 aromatic heterocycles. The van der Waals surface area contributed by atoms with Crippen LogP contribution in [0.4, 0.5) is 0 Å². The van der Waals surface area contributed by atoms with Gasteiger partial charge in [0.25, 0.3) is 0 Å². The molecule has 0 N–H and O–H groups in total. The topological polar surface area (TPSA) is 0 Å². The van der Waals surface area contributed by atoms with Gasteiger partial charge in [-0.3, -0.25) is 0 Å². The second-order valence-corrected chi connectivity index (χ2v) is 2.90. The fourth-order valence-corrected chi connectivity index (χ4v) is 1.07. The van der Waals surface area contributed by atoms with Crippen LogP contribution in [0.25, 0.3) is 0 Å². The maximum atomic E-state index is 3.76. The van der Waals surface area contributed by atoms with Gasteiger partial charge in [0.2, 0.25) is 0 Å². The van der Waals surface area contributed by atoms with Crippen molar-refractivity contribution >= 4 is 0 Å². The highest BCUT2D eigenvalue weighted by Gasteiger charge is 1.96. The van der Waals surface area contributed by atoms with E-state index in [0.29, 0.717) is 5.92 Å². The summed E-state index contributed by atoms with van der Waals surface area (Å²) in [6.07, 6.45) is 3.09. The van der Waals surface area contributed by atoms with Gasteiger partial charge in [0, 0.05) is 0 Å². The van der Waals surface area contributed by atoms with E-state index in [1.807, 2.05) is 12.1 Å². The number of allylic oxidation sites excluding steroid dienone is 1. The summed E-state index contributed by atoms with van der Waals surface area (Å²) in [6, 6.07) is 10.5. The van der Waals surface area contributed by atoms with Crippen LogP contribution in [0.1, 0.15) is 12.5 Å². The summed E-state index contributed by atoms with van der Waals surface area (Å²) < 4.78 is 0. The fourth-order valence-electron chi connectivity index (χ4n) is 1.07. The average Bonchev–Trinajstić information content (AvgIpc) is 2.06. The molecule has 0 radical (unpaired) electrons. The van der Waals surface area contributed by atoms with E-state index in [4.69, 9.17) is 0 Å². The second kappa shape index (κ2) is 3.97. The van der Waals surface area contributed by atoms with Crippen molar-refractivity contribution in [2.45, 2.75) is 13.3 Å². The third-order valence-corrected chi connectivity index (χ3v) is 1.80. The van der Waals surface area contributed by atoms with Gasteiger partial charge < -0.3 is 0 Å². The molecule has 0 heteroatoms. The minimum absolute atomic E-state index is 0.581. The van der Waals surface area contributed by atoms with Gasteiger partial charge in [-0.15, -0.1) is 6.58 Å². The molecule has 0 aliphatic carbocycles. The van der Waals surface area contributed by atoms with Gasteiger partial charge in [0.15, 0.2) is 0 Å². The summed E-state index contributed by atoms with van der Waals surface area (Å²) in [7, 11) is 0. The van der Waals surface area contributed by atoms with Gasteiger partial charge in [-0.05, 0) is 17.9 Å². The van der Waals surface area contributed by atoms with E-state index in [0.717, 1.165) is 6.42 Å². The third kappa shape index (κ3) is 2.58. The standard InChI is InChI=1S/C11H14/c1-3-10(2)9-11-7-5-4-6-8-11/h3-8,10H,1,9H2,2H3. The van der Waals surface area contributed by atoms with Crippen LogP contribution in [0.2, 0.25) is 0 Å². The first-order valence-corrected chi connectivity index (χ1v) is 3.99. The number of benzene rings is 1. The van der Waals surface area contributed by atoms with Gasteiger partial charge in [-0.25, -0.2) is 0 Å². The van der Waals surface area contributed by atoms with Gasteiger partial charge in [-0.1, -0.05) is 43.3 Å². The Morgan fingerprint density at radius 3 is 2.55 bits per heavy atom. The molecule has 1 rings (SSSR count). The maximum Gasteiger partial charge on any atom is -0.0218 e. The van der Waals surface area contributed by atoms with E-state index in [9.17, 15) is 0 Å². The van der Waals surface area contributed by atoms with Gasteiger partial charge in [0.1, 0.15) is 0 Å². The molecule has 1 unspecified atom stereocenters. The Hall–Kier alpha value is -1.04. The number of hydrogen-bond acceptors (Lipinski definition) is 0. The smallest absolute Gasteiger partial charge is 0.0218 e. The molecular formula is C11H14. The van der Waals surface area contributed by atoms with Crippen LogP contribution in [0.3, 0.4) is 0 Å². The Kier molecular flexibility index (Phi) is 2.91. The molecule has 0 saturated heterocycles. The first-order chi connectivity index (χ1) is 5.33. The highest BCUT2D eigenvalue weighted by atomic mass is 14.0. The monoisotopic (exact) mass is 146 g/mol. The molecule has 1 aromatic carbocycles. The van der Waals surface area contributed by atoms with Crippen molar-refractivity contribution in [2.24, 2.45) is 5.92 Å². The number of rotatable bonds is 3. The van der Waals surface area contributed by atoms with Crippen LogP contribution in [0, 0.1) is 5.92 Å². The van der Waals surface area contributed by atoms with Gasteiger partial charge >= 0.3 is 0 Å². The van der Waals surface area contributed by atoms with Crippen LogP contribution in [0.15, 0.2) is 43.0 Å². The summed E-state index contributed by atoms with van der Waals surface area (Å²) >= 11 is 0. The highest BCUT2D eigenvalue weighted by molar-refractivity contribution is 5.15. The molecule has 0 fully saturated rings. The van der Waals surface area contributed by atoms with Crippen molar-refractivity contribution < 1.29 is 0 Å². The van der Waals surface area contributed by atoms with E-state index in [-0.39, 0.29) is 0 Å². The Balaban J connectivity index is 2.57. The first kappa shape index (κ1) is 8.06. The SMILES string of the molecule is C=CC(C)Cc1ccccc1. The van der Waals surface area contributed by atoms with E-state index in [2.05, 4.69) is 37.8 Å². The molecule has 0 saturated carbocycles. The molecule has 0 aliphatic heterocycles. The summed E-state index contributed by atoms with van der Waals surface area (Å²) in [4.78, 5) is 0. The van der Waals surface area contributed by atoms with Crippen molar-refractivity contribution in [3.63, 3.8) is 0 Å². The van der Waals surface area contributed by atoms with E-state index >= 15 is 0 Å². The lowest BCUT2D eigenvalue weighted by Crippen LogP contribution is -1.94. The van der Waals surface area contributed by atoms with Crippen LogP contribution >= 0.6 is 0 Å². The molecule has 0 nitrogen and oxygen atoms in total. The zero-order valence-corrected chi connectivity index (χ0v) is 6.96. The van der Waals surface area contributed by atoms with E-state index in [1.165, 1.54) is 5.56 Å². The van der Waals surface area contributed by atoms with Crippen molar-refractivity contribution in [3.8, 4) is 0 Å². The van der Waals surface area contributed by atoms with Crippen molar-refractivity contribution in [3.05, 3.63) is 48.6 Å².